The van der Waals surface area contributed by atoms with Crippen LogP contribution < -0.4 is 5.32 Å². The van der Waals surface area contributed by atoms with Crippen LogP contribution in [0.4, 0.5) is 0 Å². The van der Waals surface area contributed by atoms with Crippen molar-refractivity contribution in [2.24, 2.45) is 0 Å². The average Bonchev–Trinajstić information content (AvgIpc) is 2.09. The van der Waals surface area contributed by atoms with Gasteiger partial charge in [-0.05, 0) is 0 Å². The predicted octanol–water partition coefficient (Wildman–Crippen LogP) is 2.58. The fourth-order valence-electron chi connectivity index (χ4n) is 0.750. The molecular formula is C8H19NS2Sn. The molecule has 0 aromatic rings. The van der Waals surface area contributed by atoms with Gasteiger partial charge in [0.15, 0.2) is 0 Å². The molecule has 0 unspecified atom stereocenters. The van der Waals surface area contributed by atoms with Gasteiger partial charge in [0.05, 0.1) is 0 Å². The van der Waals surface area contributed by atoms with E-state index in [0.29, 0.717) is 4.32 Å². The molecule has 0 spiro atoms. The second-order valence-corrected chi connectivity index (χ2v) is 13.8. The molecular weight excluding hydrogens is 293 g/mol. The van der Waals surface area contributed by atoms with Gasteiger partial charge in [-0.3, -0.25) is 0 Å². The Bertz CT molecular complexity index is 99.7. The summed E-state index contributed by atoms with van der Waals surface area (Å²) in [4.78, 5) is 0. The zero-order valence-corrected chi connectivity index (χ0v) is 12.9. The Labute approximate surface area is 94.8 Å². The van der Waals surface area contributed by atoms with E-state index >= 15 is 0 Å². The molecule has 4 heteroatoms. The molecule has 12 heavy (non-hydrogen) atoms. The standard InChI is InChI=1S/C2H5NS2.3C2H5.Sn/c1-3-2(4)5;3*1-2;/h1H3,(H2,3,4,5);3*1H2,2H3;/q;;;;+1/p-1. The first kappa shape index (κ1) is 15.4. The van der Waals surface area contributed by atoms with Gasteiger partial charge in [-0.15, -0.1) is 0 Å². The van der Waals surface area contributed by atoms with Gasteiger partial charge in [-0.1, -0.05) is 4.32 Å². The third-order valence-corrected chi connectivity index (χ3v) is 10.7. The molecule has 0 aliphatic carbocycles. The van der Waals surface area contributed by atoms with Gasteiger partial charge in [0.2, 0.25) is 0 Å². The van der Waals surface area contributed by atoms with Crippen LogP contribution in [-0.2, 0) is 12.6 Å². The van der Waals surface area contributed by atoms with Crippen molar-refractivity contribution in [2.75, 3.05) is 7.05 Å². The molecule has 0 aliphatic heterocycles. The van der Waals surface area contributed by atoms with E-state index in [1.807, 2.05) is 0 Å². The fraction of sp³-hybridized carbons (Fsp3) is 0.875. The third-order valence-electron chi connectivity index (χ3n) is 1.70. The first-order valence-corrected chi connectivity index (χ1v) is 11.2. The molecule has 0 heterocycles. The van der Waals surface area contributed by atoms with Crippen LogP contribution in [0.1, 0.15) is 20.8 Å². The van der Waals surface area contributed by atoms with Crippen molar-refractivity contribution in [2.45, 2.75) is 34.1 Å². The monoisotopic (exact) mass is 313 g/mol. The summed E-state index contributed by atoms with van der Waals surface area (Å²) in [6.07, 6.45) is 0. The fourth-order valence-corrected chi connectivity index (χ4v) is 5.03. The first-order valence-electron chi connectivity index (χ1n) is 4.34. The number of hydrogen-bond donors (Lipinski definition) is 1. The van der Waals surface area contributed by atoms with Gasteiger partial charge in [-0.25, -0.2) is 0 Å². The minimum absolute atomic E-state index is 0.421. The molecule has 0 saturated heterocycles. The molecule has 0 atom stereocenters. The molecule has 0 saturated carbocycles. The summed E-state index contributed by atoms with van der Waals surface area (Å²) in [6, 6.07) is 0. The molecule has 0 radical (unpaired) electrons. The van der Waals surface area contributed by atoms with E-state index in [-0.39, 0.29) is 0 Å². The van der Waals surface area contributed by atoms with Crippen LogP contribution in [0.25, 0.3) is 0 Å². The SMILES string of the molecule is CNC(=S)[S-].C[CH2][Sn+]([CH2]C)[CH2]C. The Morgan fingerprint density at radius 3 is 1.50 bits per heavy atom. The third kappa shape index (κ3) is 13.5. The molecule has 0 amide bonds. The van der Waals surface area contributed by atoms with Gasteiger partial charge < -0.3 is 30.2 Å². The van der Waals surface area contributed by atoms with Crippen LogP contribution in [0, 0.1) is 0 Å². The number of rotatable bonds is 3. The zero-order valence-electron chi connectivity index (χ0n) is 8.44. The van der Waals surface area contributed by atoms with Crippen LogP contribution >= 0.6 is 12.2 Å². The van der Waals surface area contributed by atoms with E-state index in [2.05, 4.69) is 50.9 Å². The number of hydrogen-bond acceptors (Lipinski definition) is 2. The topological polar surface area (TPSA) is 12.0 Å². The summed E-state index contributed by atoms with van der Waals surface area (Å²) in [7, 11) is 1.70. The summed E-state index contributed by atoms with van der Waals surface area (Å²) < 4.78 is 5.07. The van der Waals surface area contributed by atoms with Crippen molar-refractivity contribution < 1.29 is 0 Å². The molecule has 0 fully saturated rings. The average molecular weight is 312 g/mol. The Morgan fingerprint density at radius 2 is 1.50 bits per heavy atom. The van der Waals surface area contributed by atoms with Crippen molar-refractivity contribution >= 4 is 48.9 Å². The summed E-state index contributed by atoms with van der Waals surface area (Å²) in [5.74, 6) is 0. The molecule has 0 rings (SSSR count). The first-order chi connectivity index (χ1) is 5.62. The normalized spacial score (nSPS) is 8.00. The summed E-state index contributed by atoms with van der Waals surface area (Å²) in [6.45, 7) is 7.05. The Balaban J connectivity index is 0. The van der Waals surface area contributed by atoms with E-state index in [9.17, 15) is 0 Å². The maximum absolute atomic E-state index is 4.40. The molecule has 0 bridgehead atoms. The van der Waals surface area contributed by atoms with E-state index in [4.69, 9.17) is 0 Å². The van der Waals surface area contributed by atoms with Crippen LogP contribution in [0.5, 0.6) is 0 Å². The second-order valence-electron chi connectivity index (χ2n) is 2.35. The Kier molecular flexibility index (Phi) is 15.3. The summed E-state index contributed by atoms with van der Waals surface area (Å²) in [5, 5.41) is 2.57. The minimum atomic E-state index is -0.653. The van der Waals surface area contributed by atoms with E-state index in [1.165, 1.54) is 0 Å². The van der Waals surface area contributed by atoms with Gasteiger partial charge in [-0.2, -0.15) is 0 Å². The molecule has 72 valence electrons. The van der Waals surface area contributed by atoms with Gasteiger partial charge in [0.1, 0.15) is 0 Å². The van der Waals surface area contributed by atoms with E-state index in [0.717, 1.165) is 0 Å². The van der Waals surface area contributed by atoms with E-state index in [1.54, 1.807) is 20.4 Å². The van der Waals surface area contributed by atoms with Crippen LogP contribution in [0.15, 0.2) is 0 Å². The molecule has 0 aromatic carbocycles. The van der Waals surface area contributed by atoms with E-state index < -0.39 is 19.8 Å². The Morgan fingerprint density at radius 1 is 1.25 bits per heavy atom. The quantitative estimate of drug-likeness (QED) is 0.489. The molecule has 1 nitrogen and oxygen atoms in total. The van der Waals surface area contributed by atoms with Gasteiger partial charge >= 0.3 is 53.8 Å². The predicted molar refractivity (Wildman–Crippen MR) is 66.2 cm³/mol. The maximum atomic E-state index is 4.40. The Hall–Kier alpha value is 0.909. The van der Waals surface area contributed by atoms with Crippen molar-refractivity contribution in [3.63, 3.8) is 0 Å². The number of nitrogens with one attached hydrogen (secondary N) is 1. The van der Waals surface area contributed by atoms with Gasteiger partial charge in [0, 0.05) is 7.05 Å². The van der Waals surface area contributed by atoms with Crippen LogP contribution in [0.2, 0.25) is 13.3 Å². The van der Waals surface area contributed by atoms with Gasteiger partial charge in [0.25, 0.3) is 0 Å². The molecule has 1 N–H and O–H groups in total. The van der Waals surface area contributed by atoms with Crippen molar-refractivity contribution in [1.82, 2.24) is 5.32 Å². The van der Waals surface area contributed by atoms with Crippen LogP contribution in [-0.4, -0.2) is 31.1 Å². The second kappa shape index (κ2) is 11.9. The molecule has 0 aromatic heterocycles. The van der Waals surface area contributed by atoms with Crippen molar-refractivity contribution in [3.8, 4) is 0 Å². The summed E-state index contributed by atoms with van der Waals surface area (Å²) in [5.41, 5.74) is 0. The molecule has 0 aliphatic rings. The van der Waals surface area contributed by atoms with Crippen molar-refractivity contribution in [1.29, 1.82) is 0 Å². The zero-order chi connectivity index (χ0) is 9.98. The van der Waals surface area contributed by atoms with Crippen molar-refractivity contribution in [3.05, 3.63) is 0 Å². The number of thiocarbonyl (C=S) groups is 1. The summed E-state index contributed by atoms with van der Waals surface area (Å²) >= 11 is 8.15. The van der Waals surface area contributed by atoms with Crippen LogP contribution in [0.3, 0.4) is 0 Å².